The van der Waals surface area contributed by atoms with E-state index >= 15 is 0 Å². The van der Waals surface area contributed by atoms with Crippen LogP contribution in [0.3, 0.4) is 0 Å². The van der Waals surface area contributed by atoms with Crippen molar-refractivity contribution < 1.29 is 13.5 Å². The van der Waals surface area contributed by atoms with Gasteiger partial charge in [0, 0.05) is 24.6 Å². The summed E-state index contributed by atoms with van der Waals surface area (Å²) in [6, 6.07) is 4.17. The summed E-state index contributed by atoms with van der Waals surface area (Å²) in [5.41, 5.74) is 0.340. The SMILES string of the molecule is Fc1cccc(CNCCCOCCCl)c1F. The Balaban J connectivity index is 2.16. The van der Waals surface area contributed by atoms with Gasteiger partial charge in [-0.2, -0.15) is 0 Å². The van der Waals surface area contributed by atoms with Gasteiger partial charge in [0.1, 0.15) is 0 Å². The number of rotatable bonds is 8. The summed E-state index contributed by atoms with van der Waals surface area (Å²) < 4.78 is 31.3. The second kappa shape index (κ2) is 8.39. The van der Waals surface area contributed by atoms with Crippen LogP contribution in [0.1, 0.15) is 12.0 Å². The van der Waals surface area contributed by atoms with Gasteiger partial charge in [-0.1, -0.05) is 12.1 Å². The van der Waals surface area contributed by atoms with E-state index in [4.69, 9.17) is 16.3 Å². The van der Waals surface area contributed by atoms with Gasteiger partial charge in [-0.25, -0.2) is 8.78 Å². The van der Waals surface area contributed by atoms with E-state index in [1.165, 1.54) is 6.07 Å². The standard InChI is InChI=1S/C12H16ClF2NO/c13-5-8-17-7-2-6-16-9-10-3-1-4-11(14)12(10)15/h1,3-4,16H,2,5-9H2. The average molecular weight is 264 g/mol. The Kier molecular flexibility index (Phi) is 7.08. The van der Waals surface area contributed by atoms with Crippen molar-refractivity contribution in [3.8, 4) is 0 Å². The molecule has 17 heavy (non-hydrogen) atoms. The maximum Gasteiger partial charge on any atom is 0.163 e. The van der Waals surface area contributed by atoms with Crippen LogP contribution in [0, 0.1) is 11.6 Å². The highest BCUT2D eigenvalue weighted by molar-refractivity contribution is 6.17. The van der Waals surface area contributed by atoms with Crippen molar-refractivity contribution >= 4 is 11.6 Å². The highest BCUT2D eigenvalue weighted by Gasteiger charge is 2.06. The maximum absolute atomic E-state index is 13.2. The Bertz CT molecular complexity index is 336. The van der Waals surface area contributed by atoms with Gasteiger partial charge in [-0.05, 0) is 19.0 Å². The molecule has 0 saturated carbocycles. The van der Waals surface area contributed by atoms with Crippen molar-refractivity contribution in [1.82, 2.24) is 5.32 Å². The largest absolute Gasteiger partial charge is 0.380 e. The number of benzene rings is 1. The van der Waals surface area contributed by atoms with E-state index in [-0.39, 0.29) is 0 Å². The van der Waals surface area contributed by atoms with Crippen LogP contribution < -0.4 is 5.32 Å². The van der Waals surface area contributed by atoms with E-state index in [0.717, 1.165) is 12.5 Å². The van der Waals surface area contributed by atoms with Gasteiger partial charge in [0.05, 0.1) is 6.61 Å². The van der Waals surface area contributed by atoms with E-state index in [0.29, 0.717) is 37.7 Å². The lowest BCUT2D eigenvalue weighted by molar-refractivity contribution is 0.146. The molecular weight excluding hydrogens is 248 g/mol. The Morgan fingerprint density at radius 2 is 2.06 bits per heavy atom. The normalized spacial score (nSPS) is 10.8. The first-order valence-corrected chi connectivity index (χ1v) is 6.06. The Labute approximate surface area is 105 Å². The zero-order chi connectivity index (χ0) is 12.5. The molecule has 0 atom stereocenters. The molecule has 2 nitrogen and oxygen atoms in total. The van der Waals surface area contributed by atoms with Crippen molar-refractivity contribution in [2.45, 2.75) is 13.0 Å². The molecule has 0 bridgehead atoms. The summed E-state index contributed by atoms with van der Waals surface area (Å²) in [5, 5.41) is 3.03. The molecule has 0 aliphatic rings. The molecule has 0 unspecified atom stereocenters. The molecule has 0 spiro atoms. The number of nitrogens with one attached hydrogen (secondary N) is 1. The molecule has 1 aromatic carbocycles. The lowest BCUT2D eigenvalue weighted by Gasteiger charge is -2.06. The van der Waals surface area contributed by atoms with Crippen molar-refractivity contribution in [2.75, 3.05) is 25.6 Å². The highest BCUT2D eigenvalue weighted by atomic mass is 35.5. The van der Waals surface area contributed by atoms with Gasteiger partial charge in [-0.15, -0.1) is 11.6 Å². The van der Waals surface area contributed by atoms with Gasteiger partial charge >= 0.3 is 0 Å². The van der Waals surface area contributed by atoms with E-state index in [1.54, 1.807) is 6.07 Å². The summed E-state index contributed by atoms with van der Waals surface area (Å²) in [6.07, 6.45) is 0.813. The fourth-order valence-electron chi connectivity index (χ4n) is 1.36. The Hall–Kier alpha value is -0.710. The molecule has 1 aromatic rings. The Morgan fingerprint density at radius 1 is 1.24 bits per heavy atom. The molecule has 0 saturated heterocycles. The number of halogens is 3. The molecule has 96 valence electrons. The van der Waals surface area contributed by atoms with E-state index in [1.807, 2.05) is 0 Å². The molecule has 1 N–H and O–H groups in total. The smallest absolute Gasteiger partial charge is 0.163 e. The first-order chi connectivity index (χ1) is 8.25. The summed E-state index contributed by atoms with van der Waals surface area (Å²) in [4.78, 5) is 0. The second-order valence-corrected chi connectivity index (χ2v) is 3.92. The first kappa shape index (κ1) is 14.4. The van der Waals surface area contributed by atoms with Crippen LogP contribution in [0.25, 0.3) is 0 Å². The molecule has 0 amide bonds. The number of alkyl halides is 1. The van der Waals surface area contributed by atoms with Gasteiger partial charge in [-0.3, -0.25) is 0 Å². The summed E-state index contributed by atoms with van der Waals surface area (Å²) in [6.45, 7) is 2.17. The molecule has 0 aliphatic heterocycles. The summed E-state index contributed by atoms with van der Waals surface area (Å²) in [7, 11) is 0. The van der Waals surface area contributed by atoms with Gasteiger partial charge < -0.3 is 10.1 Å². The van der Waals surface area contributed by atoms with Gasteiger partial charge in [0.2, 0.25) is 0 Å². The number of ether oxygens (including phenoxy) is 1. The van der Waals surface area contributed by atoms with Crippen molar-refractivity contribution in [3.05, 3.63) is 35.4 Å². The third-order valence-corrected chi connectivity index (χ3v) is 2.37. The summed E-state index contributed by atoms with van der Waals surface area (Å²) >= 11 is 5.44. The van der Waals surface area contributed by atoms with Crippen LogP contribution in [0.4, 0.5) is 8.78 Å². The topological polar surface area (TPSA) is 21.3 Å². The third-order valence-electron chi connectivity index (χ3n) is 2.21. The minimum atomic E-state index is -0.810. The van der Waals surface area contributed by atoms with Crippen LogP contribution >= 0.6 is 11.6 Å². The number of hydrogen-bond donors (Lipinski definition) is 1. The molecule has 5 heteroatoms. The van der Waals surface area contributed by atoms with Crippen LogP contribution in [0.5, 0.6) is 0 Å². The average Bonchev–Trinajstić information content (AvgIpc) is 2.33. The van der Waals surface area contributed by atoms with Crippen LogP contribution in [-0.4, -0.2) is 25.6 Å². The zero-order valence-electron chi connectivity index (χ0n) is 9.52. The van der Waals surface area contributed by atoms with Crippen LogP contribution in [0.2, 0.25) is 0 Å². The van der Waals surface area contributed by atoms with Crippen LogP contribution in [0.15, 0.2) is 18.2 Å². The van der Waals surface area contributed by atoms with Crippen molar-refractivity contribution in [1.29, 1.82) is 0 Å². The molecule has 1 rings (SSSR count). The predicted molar refractivity (Wildman–Crippen MR) is 64.2 cm³/mol. The fourth-order valence-corrected chi connectivity index (χ4v) is 1.47. The predicted octanol–water partition coefficient (Wildman–Crippen LogP) is 2.70. The summed E-state index contributed by atoms with van der Waals surface area (Å²) in [5.74, 6) is -1.10. The first-order valence-electron chi connectivity index (χ1n) is 5.53. The maximum atomic E-state index is 13.2. The second-order valence-electron chi connectivity index (χ2n) is 3.54. The third kappa shape index (κ3) is 5.44. The van der Waals surface area contributed by atoms with Gasteiger partial charge in [0.15, 0.2) is 11.6 Å². The van der Waals surface area contributed by atoms with Crippen molar-refractivity contribution in [2.24, 2.45) is 0 Å². The molecule has 0 aliphatic carbocycles. The van der Waals surface area contributed by atoms with E-state index < -0.39 is 11.6 Å². The van der Waals surface area contributed by atoms with Crippen molar-refractivity contribution in [3.63, 3.8) is 0 Å². The molecule has 0 fully saturated rings. The zero-order valence-corrected chi connectivity index (χ0v) is 10.3. The fraction of sp³-hybridized carbons (Fsp3) is 0.500. The minimum absolute atomic E-state index is 0.319. The highest BCUT2D eigenvalue weighted by Crippen LogP contribution is 2.10. The lowest BCUT2D eigenvalue weighted by atomic mass is 10.2. The molecule has 0 radical (unpaired) electrons. The monoisotopic (exact) mass is 263 g/mol. The Morgan fingerprint density at radius 3 is 2.82 bits per heavy atom. The number of hydrogen-bond acceptors (Lipinski definition) is 2. The minimum Gasteiger partial charge on any atom is -0.380 e. The van der Waals surface area contributed by atoms with E-state index in [2.05, 4.69) is 5.32 Å². The molecule has 0 heterocycles. The lowest BCUT2D eigenvalue weighted by Crippen LogP contribution is -2.17. The molecular formula is C12H16ClF2NO. The molecule has 0 aromatic heterocycles. The van der Waals surface area contributed by atoms with Gasteiger partial charge in [0.25, 0.3) is 0 Å². The van der Waals surface area contributed by atoms with E-state index in [9.17, 15) is 8.78 Å². The quantitative estimate of drug-likeness (QED) is 0.575. The van der Waals surface area contributed by atoms with Crippen LogP contribution in [-0.2, 0) is 11.3 Å².